The number of fused-ring (bicyclic) bond motifs is 1. The summed E-state index contributed by atoms with van der Waals surface area (Å²) in [6.07, 6.45) is 2.60. The van der Waals surface area contributed by atoms with Gasteiger partial charge in [-0.3, -0.25) is 0 Å². The molecule has 0 saturated carbocycles. The molecule has 1 unspecified atom stereocenters. The van der Waals surface area contributed by atoms with Crippen molar-refractivity contribution in [1.82, 2.24) is 0 Å². The predicted molar refractivity (Wildman–Crippen MR) is 61.9 cm³/mol. The molecule has 1 aliphatic rings. The molecule has 1 aromatic carbocycles. The zero-order chi connectivity index (χ0) is 11.8. The van der Waals surface area contributed by atoms with Crippen molar-refractivity contribution in [1.29, 1.82) is 0 Å². The van der Waals surface area contributed by atoms with Crippen molar-refractivity contribution in [3.05, 3.63) is 29.6 Å². The van der Waals surface area contributed by atoms with E-state index in [9.17, 15) is 4.39 Å². The van der Waals surface area contributed by atoms with Gasteiger partial charge in [0.15, 0.2) is 0 Å². The van der Waals surface area contributed by atoms with Crippen LogP contribution in [0.2, 0.25) is 0 Å². The van der Waals surface area contributed by atoms with E-state index in [0.29, 0.717) is 5.75 Å². The Kier molecular flexibility index (Phi) is 2.89. The molecule has 1 atom stereocenters. The Morgan fingerprint density at radius 2 is 2.12 bits per heavy atom. The second-order valence-corrected chi connectivity index (χ2v) is 4.48. The van der Waals surface area contributed by atoms with Gasteiger partial charge in [-0.2, -0.15) is 0 Å². The second-order valence-electron chi connectivity index (χ2n) is 4.48. The predicted octanol–water partition coefficient (Wildman–Crippen LogP) is 3.17. The lowest BCUT2D eigenvalue weighted by atomic mass is 9.84. The number of nitrogens with two attached hydrogens (primary N) is 1. The van der Waals surface area contributed by atoms with Gasteiger partial charge in [0.2, 0.25) is 0 Å². The van der Waals surface area contributed by atoms with E-state index in [-0.39, 0.29) is 17.5 Å². The first-order chi connectivity index (χ1) is 7.60. The van der Waals surface area contributed by atoms with Crippen molar-refractivity contribution in [2.24, 2.45) is 5.73 Å². The largest absolute Gasteiger partial charge is 0.487 e. The zero-order valence-corrected chi connectivity index (χ0v) is 9.79. The van der Waals surface area contributed by atoms with Gasteiger partial charge in [0.05, 0.1) is 0 Å². The molecule has 0 radical (unpaired) electrons. The van der Waals surface area contributed by atoms with Crippen LogP contribution in [-0.2, 0) is 0 Å². The van der Waals surface area contributed by atoms with Crippen LogP contribution in [0.3, 0.4) is 0 Å². The van der Waals surface area contributed by atoms with Crippen molar-refractivity contribution < 1.29 is 9.13 Å². The highest BCUT2D eigenvalue weighted by Gasteiger charge is 2.37. The first kappa shape index (κ1) is 11.4. The molecule has 1 heterocycles. The van der Waals surface area contributed by atoms with Crippen LogP contribution in [0.1, 0.15) is 44.7 Å². The highest BCUT2D eigenvalue weighted by Crippen LogP contribution is 2.41. The monoisotopic (exact) mass is 223 g/mol. The molecule has 0 amide bonds. The van der Waals surface area contributed by atoms with Crippen molar-refractivity contribution in [3.8, 4) is 5.75 Å². The molecule has 0 bridgehead atoms. The third-order valence-electron chi connectivity index (χ3n) is 3.58. The fourth-order valence-corrected chi connectivity index (χ4v) is 2.37. The third-order valence-corrected chi connectivity index (χ3v) is 3.58. The molecule has 2 N–H and O–H groups in total. The molecular formula is C13H18FNO. The molecule has 16 heavy (non-hydrogen) atoms. The van der Waals surface area contributed by atoms with E-state index in [0.717, 1.165) is 24.8 Å². The normalized spacial score (nSPS) is 22.4. The van der Waals surface area contributed by atoms with Crippen LogP contribution >= 0.6 is 0 Å². The highest BCUT2D eigenvalue weighted by atomic mass is 19.1. The summed E-state index contributed by atoms with van der Waals surface area (Å²) in [7, 11) is 0. The maximum Gasteiger partial charge on any atom is 0.127 e. The first-order valence-corrected chi connectivity index (χ1v) is 5.84. The van der Waals surface area contributed by atoms with E-state index in [1.165, 1.54) is 12.1 Å². The van der Waals surface area contributed by atoms with Gasteiger partial charge in [-0.1, -0.05) is 19.9 Å². The molecule has 3 heteroatoms. The molecule has 1 aromatic rings. The van der Waals surface area contributed by atoms with Gasteiger partial charge in [0.25, 0.3) is 0 Å². The van der Waals surface area contributed by atoms with Gasteiger partial charge < -0.3 is 10.5 Å². The topological polar surface area (TPSA) is 35.2 Å². The molecule has 0 spiro atoms. The van der Waals surface area contributed by atoms with Crippen LogP contribution in [-0.4, -0.2) is 5.60 Å². The lowest BCUT2D eigenvalue weighted by molar-refractivity contribution is 0.0279. The summed E-state index contributed by atoms with van der Waals surface area (Å²) >= 11 is 0. The van der Waals surface area contributed by atoms with Crippen LogP contribution in [0.5, 0.6) is 5.75 Å². The number of halogens is 1. The van der Waals surface area contributed by atoms with Crippen molar-refractivity contribution in [2.45, 2.75) is 44.8 Å². The van der Waals surface area contributed by atoms with Gasteiger partial charge in [-0.05, 0) is 18.9 Å². The lowest BCUT2D eigenvalue weighted by Gasteiger charge is -2.40. The lowest BCUT2D eigenvalue weighted by Crippen LogP contribution is -2.42. The maximum absolute atomic E-state index is 13.2. The Morgan fingerprint density at radius 1 is 1.44 bits per heavy atom. The molecule has 0 saturated heterocycles. The van der Waals surface area contributed by atoms with E-state index < -0.39 is 0 Å². The van der Waals surface area contributed by atoms with E-state index in [1.807, 2.05) is 0 Å². The number of hydrogen-bond acceptors (Lipinski definition) is 2. The SMILES string of the molecule is CCC1(CC)CC(N)c2ccc(F)cc2O1. The summed E-state index contributed by atoms with van der Waals surface area (Å²) in [4.78, 5) is 0. The highest BCUT2D eigenvalue weighted by molar-refractivity contribution is 5.39. The summed E-state index contributed by atoms with van der Waals surface area (Å²) in [6, 6.07) is 4.55. The number of hydrogen-bond donors (Lipinski definition) is 1. The molecule has 2 rings (SSSR count). The van der Waals surface area contributed by atoms with Crippen molar-refractivity contribution >= 4 is 0 Å². The summed E-state index contributed by atoms with van der Waals surface area (Å²) < 4.78 is 19.1. The summed E-state index contributed by atoms with van der Waals surface area (Å²) in [5, 5.41) is 0. The van der Waals surface area contributed by atoms with Crippen molar-refractivity contribution in [3.63, 3.8) is 0 Å². The Hall–Kier alpha value is -1.09. The number of benzene rings is 1. The van der Waals surface area contributed by atoms with E-state index in [4.69, 9.17) is 10.5 Å². The average molecular weight is 223 g/mol. The van der Waals surface area contributed by atoms with E-state index in [1.54, 1.807) is 6.07 Å². The Bertz CT molecular complexity index is 388. The van der Waals surface area contributed by atoms with Crippen LogP contribution in [0.15, 0.2) is 18.2 Å². The molecule has 0 aromatic heterocycles. The molecule has 1 aliphatic heterocycles. The van der Waals surface area contributed by atoms with Gasteiger partial charge >= 0.3 is 0 Å². The molecule has 2 nitrogen and oxygen atoms in total. The zero-order valence-electron chi connectivity index (χ0n) is 9.79. The minimum atomic E-state index is -0.269. The first-order valence-electron chi connectivity index (χ1n) is 5.84. The Morgan fingerprint density at radius 3 is 2.75 bits per heavy atom. The quantitative estimate of drug-likeness (QED) is 0.835. The van der Waals surface area contributed by atoms with Gasteiger partial charge in [0.1, 0.15) is 17.2 Å². The van der Waals surface area contributed by atoms with E-state index >= 15 is 0 Å². The van der Waals surface area contributed by atoms with Gasteiger partial charge in [-0.25, -0.2) is 4.39 Å². The smallest absolute Gasteiger partial charge is 0.127 e. The van der Waals surface area contributed by atoms with E-state index in [2.05, 4.69) is 13.8 Å². The summed E-state index contributed by atoms with van der Waals surface area (Å²) in [5.74, 6) is 0.344. The average Bonchev–Trinajstić information content (AvgIpc) is 2.28. The minimum Gasteiger partial charge on any atom is -0.487 e. The fraction of sp³-hybridized carbons (Fsp3) is 0.538. The standard InChI is InChI=1S/C13H18FNO/c1-3-13(4-2)8-11(15)10-6-5-9(14)7-12(10)16-13/h5-7,11H,3-4,8,15H2,1-2H3. The Balaban J connectivity index is 2.41. The Labute approximate surface area is 95.6 Å². The molecule has 0 fully saturated rings. The van der Waals surface area contributed by atoms with Crippen LogP contribution in [0.4, 0.5) is 4.39 Å². The van der Waals surface area contributed by atoms with Gasteiger partial charge in [-0.15, -0.1) is 0 Å². The third kappa shape index (κ3) is 1.80. The number of rotatable bonds is 2. The maximum atomic E-state index is 13.2. The van der Waals surface area contributed by atoms with Crippen LogP contribution in [0.25, 0.3) is 0 Å². The molecule has 88 valence electrons. The van der Waals surface area contributed by atoms with Crippen LogP contribution in [0, 0.1) is 5.82 Å². The number of ether oxygens (including phenoxy) is 1. The second kappa shape index (κ2) is 4.06. The fourth-order valence-electron chi connectivity index (χ4n) is 2.37. The molecular weight excluding hydrogens is 205 g/mol. The minimum absolute atomic E-state index is 0.0516. The molecule has 0 aliphatic carbocycles. The van der Waals surface area contributed by atoms with Crippen LogP contribution < -0.4 is 10.5 Å². The van der Waals surface area contributed by atoms with Crippen molar-refractivity contribution in [2.75, 3.05) is 0 Å². The summed E-state index contributed by atoms with van der Waals surface area (Å²) in [6.45, 7) is 4.17. The summed E-state index contributed by atoms with van der Waals surface area (Å²) in [5.41, 5.74) is 6.81. The van der Waals surface area contributed by atoms with Gasteiger partial charge in [0, 0.05) is 24.1 Å².